The van der Waals surface area contributed by atoms with E-state index in [0.717, 1.165) is 29.8 Å². The van der Waals surface area contributed by atoms with Crippen molar-refractivity contribution in [1.82, 2.24) is 19.7 Å². The first-order chi connectivity index (χ1) is 10.2. The molecular formula is C15H13ClN4O. The van der Waals surface area contributed by atoms with Gasteiger partial charge in [0.2, 0.25) is 0 Å². The van der Waals surface area contributed by atoms with Gasteiger partial charge in [0.05, 0.1) is 10.7 Å². The van der Waals surface area contributed by atoms with Crippen molar-refractivity contribution in [3.8, 4) is 11.3 Å². The highest BCUT2D eigenvalue weighted by Gasteiger charge is 2.18. The summed E-state index contributed by atoms with van der Waals surface area (Å²) >= 11 is 6.22. The molecule has 0 saturated heterocycles. The van der Waals surface area contributed by atoms with E-state index in [1.165, 1.54) is 0 Å². The molecule has 2 N–H and O–H groups in total. The largest absolute Gasteiger partial charge is 0.331 e. The fourth-order valence-electron chi connectivity index (χ4n) is 2.77. The van der Waals surface area contributed by atoms with Crippen LogP contribution in [0.5, 0.6) is 0 Å². The maximum absolute atomic E-state index is 12.2. The average Bonchev–Trinajstić information content (AvgIpc) is 2.94. The van der Waals surface area contributed by atoms with E-state index in [4.69, 9.17) is 11.6 Å². The van der Waals surface area contributed by atoms with Gasteiger partial charge in [0.25, 0.3) is 0 Å². The van der Waals surface area contributed by atoms with E-state index in [1.807, 2.05) is 24.3 Å². The standard InChI is InChI=1S/C15H13ClN4O/c16-11-4-2-1-3-9(11)13-8-20-14(18-13)10-7-17-6-5-12(10)19-15(20)21/h1-4,8,17H,5-7H2,(H,19,21). The van der Waals surface area contributed by atoms with Crippen LogP contribution >= 0.6 is 11.6 Å². The summed E-state index contributed by atoms with van der Waals surface area (Å²) in [6, 6.07) is 7.51. The summed E-state index contributed by atoms with van der Waals surface area (Å²) in [6.45, 7) is 1.59. The lowest BCUT2D eigenvalue weighted by Crippen LogP contribution is -2.29. The monoisotopic (exact) mass is 300 g/mol. The van der Waals surface area contributed by atoms with Crippen molar-refractivity contribution in [1.29, 1.82) is 0 Å². The number of rotatable bonds is 1. The molecule has 0 aliphatic carbocycles. The fraction of sp³-hybridized carbons (Fsp3) is 0.200. The van der Waals surface area contributed by atoms with Crippen LogP contribution in [0.1, 0.15) is 11.3 Å². The number of fused-ring (bicyclic) bond motifs is 3. The van der Waals surface area contributed by atoms with Crippen molar-refractivity contribution in [3.63, 3.8) is 0 Å². The maximum Gasteiger partial charge on any atom is 0.331 e. The third kappa shape index (κ3) is 1.97. The van der Waals surface area contributed by atoms with Crippen molar-refractivity contribution >= 4 is 17.2 Å². The summed E-state index contributed by atoms with van der Waals surface area (Å²) in [5, 5.41) is 3.94. The molecule has 0 radical (unpaired) electrons. The first-order valence-corrected chi connectivity index (χ1v) is 7.20. The van der Waals surface area contributed by atoms with Gasteiger partial charge in [-0.3, -0.25) is 4.40 Å². The topological polar surface area (TPSA) is 62.2 Å². The van der Waals surface area contributed by atoms with Gasteiger partial charge in [-0.25, -0.2) is 9.78 Å². The zero-order valence-corrected chi connectivity index (χ0v) is 11.9. The number of nitrogens with zero attached hydrogens (tertiary/aromatic N) is 2. The minimum atomic E-state index is -0.156. The van der Waals surface area contributed by atoms with Crippen LogP contribution in [0.2, 0.25) is 5.02 Å². The van der Waals surface area contributed by atoms with Crippen molar-refractivity contribution in [2.24, 2.45) is 0 Å². The molecule has 5 nitrogen and oxygen atoms in total. The number of nitrogens with one attached hydrogen (secondary N) is 2. The second-order valence-corrected chi connectivity index (χ2v) is 5.52. The molecule has 0 unspecified atom stereocenters. The number of aromatic amines is 1. The number of hydrogen-bond acceptors (Lipinski definition) is 3. The van der Waals surface area contributed by atoms with Crippen LogP contribution < -0.4 is 11.0 Å². The molecule has 106 valence electrons. The molecule has 3 heterocycles. The summed E-state index contributed by atoms with van der Waals surface area (Å²) in [5.74, 6) is 0. The minimum Gasteiger partial charge on any atom is -0.312 e. The van der Waals surface area contributed by atoms with Gasteiger partial charge in [0, 0.05) is 42.5 Å². The van der Waals surface area contributed by atoms with Crippen LogP contribution in [-0.4, -0.2) is 20.9 Å². The number of imidazole rings is 1. The van der Waals surface area contributed by atoms with Gasteiger partial charge < -0.3 is 10.3 Å². The van der Waals surface area contributed by atoms with Crippen LogP contribution in [0, 0.1) is 0 Å². The predicted molar refractivity (Wildman–Crippen MR) is 81.7 cm³/mol. The van der Waals surface area contributed by atoms with Crippen molar-refractivity contribution in [2.75, 3.05) is 6.54 Å². The summed E-state index contributed by atoms with van der Waals surface area (Å²) in [5.41, 5.74) is 4.12. The first-order valence-electron chi connectivity index (χ1n) is 6.83. The lowest BCUT2D eigenvalue weighted by atomic mass is 10.1. The second kappa shape index (κ2) is 4.72. The lowest BCUT2D eigenvalue weighted by molar-refractivity contribution is 0.624. The van der Waals surface area contributed by atoms with Gasteiger partial charge in [-0.05, 0) is 6.07 Å². The van der Waals surface area contributed by atoms with Crippen molar-refractivity contribution in [3.05, 3.63) is 57.2 Å². The average molecular weight is 301 g/mol. The third-order valence-electron chi connectivity index (χ3n) is 3.82. The minimum absolute atomic E-state index is 0.156. The van der Waals surface area contributed by atoms with Crippen LogP contribution in [0.15, 0.2) is 35.3 Å². The summed E-state index contributed by atoms with van der Waals surface area (Å²) in [7, 11) is 0. The zero-order chi connectivity index (χ0) is 14.4. The van der Waals surface area contributed by atoms with Gasteiger partial charge in [-0.15, -0.1) is 0 Å². The third-order valence-corrected chi connectivity index (χ3v) is 4.15. The lowest BCUT2D eigenvalue weighted by Gasteiger charge is -2.16. The summed E-state index contributed by atoms with van der Waals surface area (Å²) in [4.78, 5) is 19.8. The van der Waals surface area contributed by atoms with Gasteiger partial charge in [-0.2, -0.15) is 0 Å². The van der Waals surface area contributed by atoms with E-state index < -0.39 is 0 Å². The second-order valence-electron chi connectivity index (χ2n) is 5.11. The van der Waals surface area contributed by atoms with Crippen LogP contribution in [0.3, 0.4) is 0 Å². The Labute approximate surface area is 125 Å². The van der Waals surface area contributed by atoms with Gasteiger partial charge >= 0.3 is 5.69 Å². The Morgan fingerprint density at radius 1 is 1.29 bits per heavy atom. The van der Waals surface area contributed by atoms with E-state index in [-0.39, 0.29) is 5.69 Å². The number of aromatic nitrogens is 3. The Bertz CT molecular complexity index is 896. The molecule has 0 spiro atoms. The van der Waals surface area contributed by atoms with Crippen molar-refractivity contribution < 1.29 is 0 Å². The van der Waals surface area contributed by atoms with Crippen molar-refractivity contribution in [2.45, 2.75) is 13.0 Å². The molecule has 0 amide bonds. The fourth-order valence-corrected chi connectivity index (χ4v) is 3.00. The Morgan fingerprint density at radius 3 is 3.00 bits per heavy atom. The number of halogens is 1. The number of H-pyrrole nitrogens is 1. The quantitative estimate of drug-likeness (QED) is 0.722. The Balaban J connectivity index is 2.00. The molecule has 1 aromatic carbocycles. The van der Waals surface area contributed by atoms with E-state index in [0.29, 0.717) is 22.9 Å². The van der Waals surface area contributed by atoms with E-state index in [1.54, 1.807) is 10.6 Å². The Hall–Kier alpha value is -2.11. The zero-order valence-electron chi connectivity index (χ0n) is 11.2. The van der Waals surface area contributed by atoms with Crippen LogP contribution in [0.4, 0.5) is 0 Å². The van der Waals surface area contributed by atoms with Gasteiger partial charge in [0.15, 0.2) is 0 Å². The van der Waals surface area contributed by atoms with Gasteiger partial charge in [-0.1, -0.05) is 29.8 Å². The predicted octanol–water partition coefficient (Wildman–Crippen LogP) is 1.99. The van der Waals surface area contributed by atoms with Crippen LogP contribution in [-0.2, 0) is 13.0 Å². The van der Waals surface area contributed by atoms with E-state index >= 15 is 0 Å². The number of benzene rings is 1. The SMILES string of the molecule is O=c1[nH]c2c(c3nc(-c4ccccc4Cl)cn13)CNCC2. The molecule has 0 saturated carbocycles. The molecule has 1 aliphatic heterocycles. The summed E-state index contributed by atoms with van der Waals surface area (Å²) in [6.07, 6.45) is 2.56. The molecule has 1 aliphatic rings. The molecule has 3 aromatic rings. The molecule has 6 heteroatoms. The molecule has 0 fully saturated rings. The highest BCUT2D eigenvalue weighted by atomic mass is 35.5. The highest BCUT2D eigenvalue weighted by Crippen LogP contribution is 2.27. The summed E-state index contributed by atoms with van der Waals surface area (Å²) < 4.78 is 1.56. The van der Waals surface area contributed by atoms with Gasteiger partial charge in [0.1, 0.15) is 5.65 Å². The molecule has 4 rings (SSSR count). The molecule has 2 aromatic heterocycles. The molecule has 21 heavy (non-hydrogen) atoms. The first kappa shape index (κ1) is 12.6. The Kier molecular flexibility index (Phi) is 2.83. The van der Waals surface area contributed by atoms with E-state index in [2.05, 4.69) is 15.3 Å². The van der Waals surface area contributed by atoms with Crippen LogP contribution in [0.25, 0.3) is 16.9 Å². The molecular weight excluding hydrogens is 288 g/mol. The molecule has 0 atom stereocenters. The number of hydrogen-bond donors (Lipinski definition) is 2. The Morgan fingerprint density at radius 2 is 2.14 bits per heavy atom. The highest BCUT2D eigenvalue weighted by molar-refractivity contribution is 6.33. The smallest absolute Gasteiger partial charge is 0.312 e. The van der Waals surface area contributed by atoms with E-state index in [9.17, 15) is 4.79 Å². The maximum atomic E-state index is 12.2. The normalized spacial score (nSPS) is 14.3. The molecule has 0 bridgehead atoms.